The lowest BCUT2D eigenvalue weighted by molar-refractivity contribution is -0.115. The monoisotopic (exact) mass is 392 g/mol. The van der Waals surface area contributed by atoms with E-state index in [0.717, 1.165) is 16.5 Å². The van der Waals surface area contributed by atoms with Gasteiger partial charge < -0.3 is 10.1 Å². The summed E-state index contributed by atoms with van der Waals surface area (Å²) in [5.74, 6) is 0.228. The lowest BCUT2D eigenvalue weighted by atomic mass is 10.2. The molecule has 3 aromatic rings. The molecule has 3 rings (SSSR count). The van der Waals surface area contributed by atoms with Gasteiger partial charge in [-0.2, -0.15) is 0 Å². The highest BCUT2D eigenvalue weighted by molar-refractivity contribution is 7.88. The van der Waals surface area contributed by atoms with Crippen LogP contribution >= 0.6 is 11.3 Å². The number of sulfonamides is 1. The number of amides is 1. The van der Waals surface area contributed by atoms with E-state index in [0.29, 0.717) is 22.0 Å². The van der Waals surface area contributed by atoms with E-state index in [4.69, 9.17) is 4.74 Å². The Morgan fingerprint density at radius 2 is 2.12 bits per heavy atom. The second-order valence-corrected chi connectivity index (χ2v) is 8.28. The van der Waals surface area contributed by atoms with Crippen LogP contribution in [-0.2, 0) is 14.8 Å². The lowest BCUT2D eigenvalue weighted by Gasteiger charge is -2.09. The zero-order valence-corrected chi connectivity index (χ0v) is 15.6. The molecule has 0 spiro atoms. The number of hydrogen-bond acceptors (Lipinski definition) is 7. The molecule has 0 atom stereocenters. The fourth-order valence-electron chi connectivity index (χ4n) is 2.21. The van der Waals surface area contributed by atoms with Crippen LogP contribution in [0.25, 0.3) is 20.8 Å². The van der Waals surface area contributed by atoms with Crippen molar-refractivity contribution in [1.29, 1.82) is 0 Å². The molecule has 0 bridgehead atoms. The highest BCUT2D eigenvalue weighted by atomic mass is 32.2. The van der Waals surface area contributed by atoms with Gasteiger partial charge in [-0.25, -0.2) is 18.1 Å². The summed E-state index contributed by atoms with van der Waals surface area (Å²) in [4.78, 5) is 20.7. The first kappa shape index (κ1) is 18.2. The van der Waals surface area contributed by atoms with Crippen LogP contribution in [0.2, 0.25) is 0 Å². The predicted octanol–water partition coefficient (Wildman–Crippen LogP) is 1.85. The molecule has 1 amide bonds. The zero-order valence-electron chi connectivity index (χ0n) is 14.0. The highest BCUT2D eigenvalue weighted by Crippen LogP contribution is 2.35. The van der Waals surface area contributed by atoms with E-state index >= 15 is 0 Å². The Hall–Kier alpha value is -2.56. The summed E-state index contributed by atoms with van der Waals surface area (Å²) in [6.07, 6.45) is 4.14. The Morgan fingerprint density at radius 3 is 2.85 bits per heavy atom. The average molecular weight is 392 g/mol. The standard InChI is InChI=1S/C16H16N4O4S2/c1-24-10-3-4-14-13(7-10)20-16(25-14)11-8-17-6-5-12(11)19-15(21)9-18-26(2,22)23/h3-8,18H,9H2,1-2H3,(H,17,19,21). The summed E-state index contributed by atoms with van der Waals surface area (Å²) in [5.41, 5.74) is 1.94. The molecule has 2 heterocycles. The van der Waals surface area contributed by atoms with E-state index in [1.54, 1.807) is 25.6 Å². The molecule has 2 N–H and O–H groups in total. The topological polar surface area (TPSA) is 110 Å². The first-order chi connectivity index (χ1) is 12.4. The molecular weight excluding hydrogens is 376 g/mol. The summed E-state index contributed by atoms with van der Waals surface area (Å²) in [6.45, 7) is -0.350. The Kier molecular flexibility index (Phi) is 5.16. The van der Waals surface area contributed by atoms with Crippen LogP contribution in [0.3, 0.4) is 0 Å². The molecule has 2 aromatic heterocycles. The van der Waals surface area contributed by atoms with Gasteiger partial charge in [0, 0.05) is 18.5 Å². The van der Waals surface area contributed by atoms with Crippen LogP contribution < -0.4 is 14.8 Å². The maximum Gasteiger partial charge on any atom is 0.239 e. The number of anilines is 1. The number of pyridine rings is 1. The average Bonchev–Trinajstić information content (AvgIpc) is 3.02. The number of thiazole rings is 1. The molecule has 26 heavy (non-hydrogen) atoms. The van der Waals surface area contributed by atoms with E-state index in [9.17, 15) is 13.2 Å². The van der Waals surface area contributed by atoms with E-state index in [2.05, 4.69) is 20.0 Å². The maximum atomic E-state index is 12.0. The van der Waals surface area contributed by atoms with E-state index in [1.165, 1.54) is 11.3 Å². The Balaban J connectivity index is 1.88. The number of aromatic nitrogens is 2. The minimum Gasteiger partial charge on any atom is -0.497 e. The van der Waals surface area contributed by atoms with Gasteiger partial charge in [0.05, 0.1) is 41.4 Å². The summed E-state index contributed by atoms with van der Waals surface area (Å²) < 4.78 is 30.6. The molecule has 8 nitrogen and oxygen atoms in total. The highest BCUT2D eigenvalue weighted by Gasteiger charge is 2.14. The molecule has 0 saturated heterocycles. The fourth-order valence-corrected chi connectivity index (χ4v) is 3.58. The van der Waals surface area contributed by atoms with Crippen LogP contribution in [-0.4, -0.2) is 44.2 Å². The minimum absolute atomic E-state index is 0.350. The van der Waals surface area contributed by atoms with Crippen molar-refractivity contribution in [1.82, 2.24) is 14.7 Å². The van der Waals surface area contributed by atoms with Gasteiger partial charge in [0.2, 0.25) is 15.9 Å². The second-order valence-electron chi connectivity index (χ2n) is 5.42. The molecular formula is C16H16N4O4S2. The number of carbonyl (C=O) groups excluding carboxylic acids is 1. The number of benzene rings is 1. The number of rotatable bonds is 6. The molecule has 0 unspecified atom stereocenters. The SMILES string of the molecule is COc1ccc2sc(-c3cnccc3NC(=O)CNS(C)(=O)=O)nc2c1. The minimum atomic E-state index is -3.44. The first-order valence-electron chi connectivity index (χ1n) is 7.49. The molecule has 0 saturated carbocycles. The molecule has 0 aliphatic heterocycles. The first-order valence-corrected chi connectivity index (χ1v) is 10.2. The number of fused-ring (bicyclic) bond motifs is 1. The van der Waals surface area contributed by atoms with Crippen LogP contribution in [0.15, 0.2) is 36.7 Å². The Labute approximate surface area is 154 Å². The third kappa shape index (κ3) is 4.34. The summed E-state index contributed by atoms with van der Waals surface area (Å²) in [6, 6.07) is 7.24. The van der Waals surface area contributed by atoms with E-state index in [-0.39, 0.29) is 6.54 Å². The maximum absolute atomic E-state index is 12.0. The predicted molar refractivity (Wildman–Crippen MR) is 101 cm³/mol. The van der Waals surface area contributed by atoms with Crippen molar-refractivity contribution < 1.29 is 17.9 Å². The molecule has 0 aliphatic rings. The van der Waals surface area contributed by atoms with Gasteiger partial charge in [-0.1, -0.05) is 0 Å². The Morgan fingerprint density at radius 1 is 1.31 bits per heavy atom. The van der Waals surface area contributed by atoms with E-state index in [1.807, 2.05) is 18.2 Å². The van der Waals surface area contributed by atoms with Crippen molar-refractivity contribution in [3.63, 3.8) is 0 Å². The number of ether oxygens (including phenoxy) is 1. The van der Waals surface area contributed by atoms with Crippen molar-refractivity contribution in [2.45, 2.75) is 0 Å². The van der Waals surface area contributed by atoms with Crippen molar-refractivity contribution in [2.24, 2.45) is 0 Å². The molecule has 0 radical (unpaired) electrons. The van der Waals surface area contributed by atoms with Crippen LogP contribution in [0.5, 0.6) is 5.75 Å². The van der Waals surface area contributed by atoms with Crippen molar-refractivity contribution in [3.05, 3.63) is 36.7 Å². The summed E-state index contributed by atoms with van der Waals surface area (Å²) in [7, 11) is -1.85. The molecule has 0 aliphatic carbocycles. The van der Waals surface area contributed by atoms with Gasteiger partial charge in [-0.05, 0) is 18.2 Å². The van der Waals surface area contributed by atoms with Gasteiger partial charge in [-0.3, -0.25) is 9.78 Å². The molecule has 10 heteroatoms. The lowest BCUT2D eigenvalue weighted by Crippen LogP contribution is -2.32. The van der Waals surface area contributed by atoms with Crippen LogP contribution in [0.1, 0.15) is 0 Å². The van der Waals surface area contributed by atoms with E-state index < -0.39 is 15.9 Å². The summed E-state index contributed by atoms with van der Waals surface area (Å²) in [5, 5.41) is 3.37. The molecule has 136 valence electrons. The zero-order chi connectivity index (χ0) is 18.7. The van der Waals surface area contributed by atoms with Crippen LogP contribution in [0.4, 0.5) is 5.69 Å². The quantitative estimate of drug-likeness (QED) is 0.662. The fraction of sp³-hybridized carbons (Fsp3) is 0.188. The number of carbonyl (C=O) groups is 1. The number of methoxy groups -OCH3 is 1. The third-order valence-electron chi connectivity index (χ3n) is 3.42. The van der Waals surface area contributed by atoms with Gasteiger partial charge in [0.25, 0.3) is 0 Å². The third-order valence-corrected chi connectivity index (χ3v) is 5.15. The van der Waals surface area contributed by atoms with Gasteiger partial charge in [0.1, 0.15) is 10.8 Å². The van der Waals surface area contributed by atoms with Crippen molar-refractivity contribution in [3.8, 4) is 16.3 Å². The summed E-state index contributed by atoms with van der Waals surface area (Å²) >= 11 is 1.46. The number of nitrogens with one attached hydrogen (secondary N) is 2. The molecule has 1 aromatic carbocycles. The number of nitrogens with zero attached hydrogens (tertiary/aromatic N) is 2. The van der Waals surface area contributed by atoms with Crippen LogP contribution in [0, 0.1) is 0 Å². The Bertz CT molecular complexity index is 1060. The van der Waals surface area contributed by atoms with Gasteiger partial charge in [-0.15, -0.1) is 11.3 Å². The van der Waals surface area contributed by atoms with Crippen molar-refractivity contribution >= 4 is 43.2 Å². The smallest absolute Gasteiger partial charge is 0.239 e. The normalized spacial score (nSPS) is 11.5. The number of hydrogen-bond donors (Lipinski definition) is 2. The van der Waals surface area contributed by atoms with Gasteiger partial charge in [0.15, 0.2) is 0 Å². The second kappa shape index (κ2) is 7.36. The van der Waals surface area contributed by atoms with Gasteiger partial charge >= 0.3 is 0 Å². The molecule has 0 fully saturated rings. The van der Waals surface area contributed by atoms with Crippen molar-refractivity contribution in [2.75, 3.05) is 25.2 Å². The largest absolute Gasteiger partial charge is 0.497 e.